The van der Waals surface area contributed by atoms with Crippen LogP contribution in [-0.4, -0.2) is 21.7 Å². The first-order valence-electron chi connectivity index (χ1n) is 12.8. The molecule has 0 amide bonds. The van der Waals surface area contributed by atoms with Gasteiger partial charge >= 0.3 is 0 Å². The highest BCUT2D eigenvalue weighted by Crippen LogP contribution is 2.43. The average molecular weight is 553 g/mol. The highest BCUT2D eigenvalue weighted by molar-refractivity contribution is 9.10. The van der Waals surface area contributed by atoms with Gasteiger partial charge in [0.25, 0.3) is 0 Å². The summed E-state index contributed by atoms with van der Waals surface area (Å²) in [6.45, 7) is 4.37. The molecule has 1 fully saturated rings. The fourth-order valence-electron chi connectivity index (χ4n) is 5.48. The van der Waals surface area contributed by atoms with Crippen LogP contribution in [0.5, 0.6) is 11.5 Å². The molecular formula is C32H30BrN3O. The van der Waals surface area contributed by atoms with Crippen LogP contribution in [-0.2, 0) is 0 Å². The lowest BCUT2D eigenvalue weighted by Gasteiger charge is -2.43. The van der Waals surface area contributed by atoms with E-state index >= 15 is 0 Å². The topological polar surface area (TPSA) is 36.9 Å². The Labute approximate surface area is 227 Å². The molecule has 0 aromatic heterocycles. The molecule has 4 aromatic carbocycles. The van der Waals surface area contributed by atoms with Crippen LogP contribution < -0.4 is 10.1 Å². The Bertz CT molecular complexity index is 1410. The number of nitrogens with one attached hydrogen (secondary N) is 1. The summed E-state index contributed by atoms with van der Waals surface area (Å²) in [4.78, 5) is 0.0756. The standard InChI is InChI=1S/C32H30BrN3O/c1-21-13-18-27(22(2)19-21)29-20-28(23-14-16-26(17-15-23)37-25-11-7-4-8-12-25)34-32-30(33)31(35-36(29)32)24-9-5-3-6-10-24/h3-19,28-30,32,34H,20H2,1-2H3. The van der Waals surface area contributed by atoms with E-state index in [1.54, 1.807) is 0 Å². The van der Waals surface area contributed by atoms with E-state index < -0.39 is 0 Å². The first kappa shape index (κ1) is 24.0. The maximum absolute atomic E-state index is 6.03. The van der Waals surface area contributed by atoms with Crippen molar-refractivity contribution < 1.29 is 4.74 Å². The molecule has 0 radical (unpaired) electrons. The number of ether oxygens (including phenoxy) is 1. The number of hydrazone groups is 1. The van der Waals surface area contributed by atoms with Gasteiger partial charge in [-0.1, -0.05) is 100 Å². The number of benzene rings is 4. The number of nitrogens with zero attached hydrogens (tertiary/aromatic N) is 2. The van der Waals surface area contributed by atoms with E-state index in [0.717, 1.165) is 29.2 Å². The van der Waals surface area contributed by atoms with Crippen LogP contribution in [0.4, 0.5) is 0 Å². The number of rotatable bonds is 5. The third-order valence-electron chi connectivity index (χ3n) is 7.31. The number of fused-ring (bicyclic) bond motifs is 1. The monoisotopic (exact) mass is 551 g/mol. The van der Waals surface area contributed by atoms with Crippen molar-refractivity contribution in [2.75, 3.05) is 0 Å². The summed E-state index contributed by atoms with van der Waals surface area (Å²) in [5.41, 5.74) is 7.40. The third-order valence-corrected chi connectivity index (χ3v) is 8.25. The van der Waals surface area contributed by atoms with E-state index in [9.17, 15) is 0 Å². The lowest BCUT2D eigenvalue weighted by atomic mass is 9.88. The molecule has 2 heterocycles. The molecule has 0 bridgehead atoms. The van der Waals surface area contributed by atoms with Crippen molar-refractivity contribution in [1.82, 2.24) is 10.3 Å². The van der Waals surface area contributed by atoms with E-state index in [-0.39, 0.29) is 23.1 Å². The Morgan fingerprint density at radius 2 is 1.51 bits per heavy atom. The van der Waals surface area contributed by atoms with Crippen molar-refractivity contribution in [3.05, 3.63) is 131 Å². The molecule has 186 valence electrons. The molecule has 4 unspecified atom stereocenters. The number of halogens is 1. The molecule has 4 atom stereocenters. The minimum Gasteiger partial charge on any atom is -0.457 e. The molecule has 6 rings (SSSR count). The van der Waals surface area contributed by atoms with Crippen molar-refractivity contribution >= 4 is 21.6 Å². The SMILES string of the molecule is Cc1ccc(C2CC(c3ccc(Oc4ccccc4)cc3)NC3C(Br)C(c4ccccc4)=NN23)c(C)c1. The van der Waals surface area contributed by atoms with Crippen LogP contribution in [0.3, 0.4) is 0 Å². The maximum atomic E-state index is 6.03. The molecule has 0 saturated carbocycles. The Morgan fingerprint density at radius 1 is 0.838 bits per heavy atom. The van der Waals surface area contributed by atoms with Gasteiger partial charge in [0.2, 0.25) is 0 Å². The van der Waals surface area contributed by atoms with Gasteiger partial charge in [-0.05, 0) is 66.8 Å². The Morgan fingerprint density at radius 3 is 2.22 bits per heavy atom. The molecule has 2 aliphatic heterocycles. The number of hydrogen-bond acceptors (Lipinski definition) is 4. The molecule has 0 spiro atoms. The molecule has 5 heteroatoms. The summed E-state index contributed by atoms with van der Waals surface area (Å²) >= 11 is 4.01. The van der Waals surface area contributed by atoms with Crippen LogP contribution in [0.1, 0.15) is 46.3 Å². The molecule has 0 aliphatic carbocycles. The van der Waals surface area contributed by atoms with Gasteiger partial charge in [-0.25, -0.2) is 0 Å². The second kappa shape index (κ2) is 10.2. The quantitative estimate of drug-likeness (QED) is 0.258. The predicted octanol–water partition coefficient (Wildman–Crippen LogP) is 7.68. The summed E-state index contributed by atoms with van der Waals surface area (Å²) in [7, 11) is 0. The lowest BCUT2D eigenvalue weighted by molar-refractivity contribution is 0.0675. The number of para-hydroxylation sites is 1. The van der Waals surface area contributed by atoms with Crippen LogP contribution in [0.25, 0.3) is 0 Å². The van der Waals surface area contributed by atoms with Gasteiger partial charge in [-0.15, -0.1) is 0 Å². The highest BCUT2D eigenvalue weighted by Gasteiger charge is 2.45. The molecule has 1 N–H and O–H groups in total. The van der Waals surface area contributed by atoms with Crippen LogP contribution in [0.15, 0.2) is 108 Å². The Kier molecular flexibility index (Phi) is 6.58. The van der Waals surface area contributed by atoms with Crippen molar-refractivity contribution in [2.45, 2.75) is 43.3 Å². The number of hydrogen-bond donors (Lipinski definition) is 1. The predicted molar refractivity (Wildman–Crippen MR) is 153 cm³/mol. The van der Waals surface area contributed by atoms with Gasteiger partial charge < -0.3 is 4.74 Å². The molecule has 1 saturated heterocycles. The van der Waals surface area contributed by atoms with E-state index in [2.05, 4.69) is 107 Å². The van der Waals surface area contributed by atoms with E-state index in [0.29, 0.717) is 0 Å². The van der Waals surface area contributed by atoms with Gasteiger partial charge in [0, 0.05) is 6.04 Å². The normalized spacial score (nSPS) is 22.9. The zero-order valence-electron chi connectivity index (χ0n) is 21.0. The molecule has 2 aliphatic rings. The van der Waals surface area contributed by atoms with Crippen LogP contribution in [0.2, 0.25) is 0 Å². The van der Waals surface area contributed by atoms with Gasteiger partial charge in [0.05, 0.1) is 16.6 Å². The van der Waals surface area contributed by atoms with Crippen molar-refractivity contribution in [3.63, 3.8) is 0 Å². The largest absolute Gasteiger partial charge is 0.457 e. The minimum atomic E-state index is 0.0416. The number of aryl methyl sites for hydroxylation is 2. The molecule has 37 heavy (non-hydrogen) atoms. The fourth-order valence-corrected chi connectivity index (χ4v) is 6.23. The zero-order chi connectivity index (χ0) is 25.4. The summed E-state index contributed by atoms with van der Waals surface area (Å²) in [5, 5.41) is 11.4. The minimum absolute atomic E-state index is 0.0416. The fraction of sp³-hybridized carbons (Fsp3) is 0.219. The second-order valence-electron chi connectivity index (χ2n) is 9.89. The average Bonchev–Trinajstić information content (AvgIpc) is 3.26. The van der Waals surface area contributed by atoms with E-state index in [1.807, 2.05) is 36.4 Å². The molecular weight excluding hydrogens is 522 g/mol. The van der Waals surface area contributed by atoms with Gasteiger partial charge in [-0.2, -0.15) is 5.10 Å². The first-order valence-corrected chi connectivity index (χ1v) is 13.7. The Balaban J connectivity index is 1.32. The third kappa shape index (κ3) is 4.81. The number of alkyl halides is 1. The first-order chi connectivity index (χ1) is 18.1. The highest BCUT2D eigenvalue weighted by atomic mass is 79.9. The van der Waals surface area contributed by atoms with Crippen molar-refractivity contribution in [2.24, 2.45) is 5.10 Å². The summed E-state index contributed by atoms with van der Waals surface area (Å²) < 4.78 is 6.03. The van der Waals surface area contributed by atoms with E-state index in [1.165, 1.54) is 22.3 Å². The van der Waals surface area contributed by atoms with Crippen LogP contribution >= 0.6 is 15.9 Å². The van der Waals surface area contributed by atoms with E-state index in [4.69, 9.17) is 9.84 Å². The van der Waals surface area contributed by atoms with Gasteiger partial charge in [0.15, 0.2) is 0 Å². The summed E-state index contributed by atoms with van der Waals surface area (Å²) in [6.07, 6.45) is 0.963. The second-order valence-corrected chi connectivity index (χ2v) is 10.9. The summed E-state index contributed by atoms with van der Waals surface area (Å²) in [5.74, 6) is 1.68. The lowest BCUT2D eigenvalue weighted by Crippen LogP contribution is -2.53. The van der Waals surface area contributed by atoms with Gasteiger partial charge in [0.1, 0.15) is 17.7 Å². The molecule has 4 nitrogen and oxygen atoms in total. The summed E-state index contributed by atoms with van der Waals surface area (Å²) in [6, 6.07) is 36.0. The maximum Gasteiger partial charge on any atom is 0.127 e. The van der Waals surface area contributed by atoms with Gasteiger partial charge in [-0.3, -0.25) is 10.3 Å². The van der Waals surface area contributed by atoms with Crippen molar-refractivity contribution in [3.8, 4) is 11.5 Å². The van der Waals surface area contributed by atoms with Crippen molar-refractivity contribution in [1.29, 1.82) is 0 Å². The Hall–Kier alpha value is -3.41. The van der Waals surface area contributed by atoms with Crippen LogP contribution in [0, 0.1) is 13.8 Å². The smallest absolute Gasteiger partial charge is 0.127 e. The zero-order valence-corrected chi connectivity index (χ0v) is 22.6. The molecule has 4 aromatic rings.